The minimum Gasteiger partial charge on any atom is -0.338 e. The van der Waals surface area contributed by atoms with E-state index in [1.165, 1.54) is 11.0 Å². The molecule has 2 saturated heterocycles. The van der Waals surface area contributed by atoms with Crippen LogP contribution in [0.4, 0.5) is 10.1 Å². The van der Waals surface area contributed by atoms with Crippen LogP contribution < -0.4 is 4.90 Å². The van der Waals surface area contributed by atoms with Crippen molar-refractivity contribution in [2.24, 2.45) is 12.5 Å². The standard InChI is InChI=1S/C35H34FN9O2/c1-42-22-38-33(41-42)25-4-2-23(3-5-25)24-10-14-44(15-11-24)31(46)20-43-16-12-35(21-43)13-17-45(34(35)47)27-7-9-29-28(18-27)32(40-39-29)30-8-6-26(36)19-37-30/h2-10,18-19,22H,11-17,20-21H2,1H3,(H,39,40)/t35-/m0/s1/i20D2. The second-order valence-corrected chi connectivity index (χ2v) is 12.5. The molecule has 0 bridgehead atoms. The van der Waals surface area contributed by atoms with E-state index in [4.69, 9.17) is 2.74 Å². The van der Waals surface area contributed by atoms with E-state index < -0.39 is 23.6 Å². The number of aryl methyl sites for hydroxylation is 1. The van der Waals surface area contributed by atoms with Gasteiger partial charge in [0.1, 0.15) is 17.8 Å². The molecule has 2 aromatic carbocycles. The minimum absolute atomic E-state index is 0.0713. The van der Waals surface area contributed by atoms with Crippen LogP contribution in [0, 0.1) is 11.2 Å². The summed E-state index contributed by atoms with van der Waals surface area (Å²) >= 11 is 0. The Balaban J connectivity index is 0.935. The van der Waals surface area contributed by atoms with E-state index in [-0.39, 0.29) is 12.5 Å². The number of nitrogens with zero attached hydrogens (tertiary/aromatic N) is 8. The van der Waals surface area contributed by atoms with Crippen molar-refractivity contribution in [2.75, 3.05) is 44.1 Å². The van der Waals surface area contributed by atoms with Gasteiger partial charge in [0.25, 0.3) is 0 Å². The van der Waals surface area contributed by atoms with Gasteiger partial charge in [0.05, 0.1) is 32.1 Å². The topological polar surface area (TPSA) is 116 Å². The summed E-state index contributed by atoms with van der Waals surface area (Å²) in [6.45, 7) is -0.555. The van der Waals surface area contributed by atoms with Crippen molar-refractivity contribution in [1.82, 2.24) is 39.7 Å². The average molecular weight is 634 g/mol. The molecule has 5 aromatic rings. The van der Waals surface area contributed by atoms with E-state index in [0.717, 1.165) is 33.8 Å². The highest BCUT2D eigenvalue weighted by molar-refractivity contribution is 6.03. The van der Waals surface area contributed by atoms with E-state index in [0.29, 0.717) is 68.3 Å². The number of aromatic nitrogens is 6. The third-order valence-corrected chi connectivity index (χ3v) is 9.56. The number of anilines is 1. The zero-order valence-electron chi connectivity index (χ0n) is 27.9. The maximum atomic E-state index is 14.0. The first-order valence-electron chi connectivity index (χ1n) is 16.7. The van der Waals surface area contributed by atoms with Crippen LogP contribution in [-0.2, 0) is 16.6 Å². The lowest BCUT2D eigenvalue weighted by Crippen LogP contribution is -2.43. The number of aromatic amines is 1. The SMILES string of the molecule is [2H]C([2H])(C(=O)N1CC=C(c2ccc(-c3ncn(C)n3)cc2)CC1)N1CC[C@]2(CCN(c3ccc4[nH]nc(-c5ccc(F)cn5)c4c3)C2=O)C1. The number of pyridine rings is 1. The second-order valence-electron chi connectivity index (χ2n) is 12.5. The zero-order chi connectivity index (χ0) is 33.9. The average Bonchev–Trinajstić information content (AvgIpc) is 3.92. The van der Waals surface area contributed by atoms with Crippen LogP contribution in [0.25, 0.3) is 39.3 Å². The number of H-pyrrole nitrogens is 1. The van der Waals surface area contributed by atoms with Gasteiger partial charge in [0.15, 0.2) is 5.82 Å². The van der Waals surface area contributed by atoms with E-state index in [1.54, 1.807) is 26.9 Å². The molecule has 0 radical (unpaired) electrons. The predicted octanol–water partition coefficient (Wildman–Crippen LogP) is 4.30. The number of carbonyl (C=O) groups excluding carboxylic acids is 2. The molecule has 0 unspecified atom stereocenters. The van der Waals surface area contributed by atoms with Gasteiger partial charge in [-0.25, -0.2) is 9.37 Å². The van der Waals surface area contributed by atoms with Gasteiger partial charge in [0.2, 0.25) is 11.8 Å². The monoisotopic (exact) mass is 633 g/mol. The Kier molecular flexibility index (Phi) is 6.61. The molecule has 3 aliphatic heterocycles. The van der Waals surface area contributed by atoms with Crippen LogP contribution in [0.5, 0.6) is 0 Å². The van der Waals surface area contributed by atoms with E-state index in [1.807, 2.05) is 55.6 Å². The highest BCUT2D eigenvalue weighted by Crippen LogP contribution is 2.43. The molecule has 1 N–H and O–H groups in total. The van der Waals surface area contributed by atoms with Gasteiger partial charge < -0.3 is 9.80 Å². The largest absolute Gasteiger partial charge is 0.338 e. The Morgan fingerprint density at radius 3 is 2.62 bits per heavy atom. The van der Waals surface area contributed by atoms with Gasteiger partial charge in [-0.3, -0.25) is 29.3 Å². The van der Waals surface area contributed by atoms with Gasteiger partial charge >= 0.3 is 0 Å². The third kappa shape index (κ3) is 5.38. The van der Waals surface area contributed by atoms with Crippen molar-refractivity contribution in [1.29, 1.82) is 0 Å². The van der Waals surface area contributed by atoms with Crippen molar-refractivity contribution in [3.05, 3.63) is 84.6 Å². The van der Waals surface area contributed by atoms with E-state index >= 15 is 0 Å². The van der Waals surface area contributed by atoms with Crippen LogP contribution in [0.1, 0.15) is 27.6 Å². The van der Waals surface area contributed by atoms with Crippen LogP contribution in [0.2, 0.25) is 0 Å². The number of rotatable bonds is 6. The van der Waals surface area contributed by atoms with Crippen LogP contribution in [0.15, 0.2) is 73.2 Å². The number of hydrogen-bond donors (Lipinski definition) is 1. The number of amides is 2. The summed E-state index contributed by atoms with van der Waals surface area (Å²) in [6, 6.07) is 16.5. The smallest absolute Gasteiger partial charge is 0.237 e. The second kappa shape index (κ2) is 11.5. The van der Waals surface area contributed by atoms with Crippen molar-refractivity contribution in [2.45, 2.75) is 19.3 Å². The van der Waals surface area contributed by atoms with Crippen molar-refractivity contribution in [3.63, 3.8) is 0 Å². The molecule has 3 aliphatic rings. The van der Waals surface area contributed by atoms with Crippen molar-refractivity contribution in [3.8, 4) is 22.8 Å². The number of likely N-dealkylation sites (tertiary alicyclic amines) is 1. The quantitative estimate of drug-likeness (QED) is 0.296. The summed E-state index contributed by atoms with van der Waals surface area (Å²) in [7, 11) is 1.83. The molecule has 3 aromatic heterocycles. The molecule has 6 heterocycles. The van der Waals surface area contributed by atoms with Gasteiger partial charge in [-0.2, -0.15) is 10.2 Å². The summed E-state index contributed by atoms with van der Waals surface area (Å²) in [5, 5.41) is 12.5. The first-order chi connectivity index (χ1) is 23.6. The van der Waals surface area contributed by atoms with E-state index in [9.17, 15) is 14.0 Å². The maximum Gasteiger partial charge on any atom is 0.237 e. The van der Waals surface area contributed by atoms with E-state index in [2.05, 4.69) is 25.3 Å². The van der Waals surface area contributed by atoms with Gasteiger partial charge in [-0.05, 0) is 67.3 Å². The molecular weight excluding hydrogens is 597 g/mol. The number of hydrogen-bond acceptors (Lipinski definition) is 7. The molecule has 0 aliphatic carbocycles. The summed E-state index contributed by atoms with van der Waals surface area (Å²) in [5.74, 6) is -0.426. The maximum absolute atomic E-state index is 14.0. The number of fused-ring (bicyclic) bond motifs is 1. The molecule has 2 amide bonds. The fourth-order valence-corrected chi connectivity index (χ4v) is 6.92. The fraction of sp³-hybridized carbons (Fsp3) is 0.314. The number of halogens is 1. The van der Waals surface area contributed by atoms with Crippen LogP contribution in [0.3, 0.4) is 0 Å². The summed E-state index contributed by atoms with van der Waals surface area (Å²) < 4.78 is 33.0. The summed E-state index contributed by atoms with van der Waals surface area (Å²) in [6.07, 6.45) is 6.44. The molecule has 1 atom stereocenters. The zero-order valence-corrected chi connectivity index (χ0v) is 25.9. The van der Waals surface area contributed by atoms with Crippen molar-refractivity contribution < 1.29 is 16.7 Å². The lowest BCUT2D eigenvalue weighted by Gasteiger charge is -2.29. The van der Waals surface area contributed by atoms with Crippen LogP contribution >= 0.6 is 0 Å². The summed E-state index contributed by atoms with van der Waals surface area (Å²) in [5.41, 5.74) is 4.86. The molecule has 47 heavy (non-hydrogen) atoms. The molecule has 2 fully saturated rings. The Morgan fingerprint density at radius 2 is 1.87 bits per heavy atom. The number of nitrogens with one attached hydrogen (secondary N) is 1. The molecular formula is C35H34FN9O2. The Hall–Kier alpha value is -5.23. The highest BCUT2D eigenvalue weighted by Gasteiger charge is 2.51. The molecule has 0 saturated carbocycles. The fourth-order valence-electron chi connectivity index (χ4n) is 6.92. The molecule has 238 valence electrons. The van der Waals surface area contributed by atoms with Crippen molar-refractivity contribution >= 4 is 34.0 Å². The Bertz CT molecular complexity index is 2110. The normalized spacial score (nSPS) is 21.1. The van der Waals surface area contributed by atoms with Gasteiger partial charge in [-0.1, -0.05) is 30.3 Å². The summed E-state index contributed by atoms with van der Waals surface area (Å²) in [4.78, 5) is 40.9. The molecule has 1 spiro atoms. The minimum atomic E-state index is -2.24. The Morgan fingerprint density at radius 1 is 1.04 bits per heavy atom. The Labute approximate surface area is 273 Å². The lowest BCUT2D eigenvalue weighted by atomic mass is 9.85. The lowest BCUT2D eigenvalue weighted by molar-refractivity contribution is -0.132. The van der Waals surface area contributed by atoms with Gasteiger partial charge in [0, 0.05) is 49.9 Å². The molecule has 12 heteroatoms. The predicted molar refractivity (Wildman–Crippen MR) is 175 cm³/mol. The number of carbonyl (C=O) groups is 2. The first-order valence-corrected chi connectivity index (χ1v) is 15.7. The molecule has 8 rings (SSSR count). The molecule has 11 nitrogen and oxygen atoms in total. The van der Waals surface area contributed by atoms with Gasteiger partial charge in [-0.15, -0.1) is 0 Å². The number of benzene rings is 2. The first kappa shape index (κ1) is 26.9. The van der Waals surface area contributed by atoms with Crippen LogP contribution in [-0.4, -0.2) is 90.8 Å². The third-order valence-electron chi connectivity index (χ3n) is 9.56. The highest BCUT2D eigenvalue weighted by atomic mass is 19.1.